The SMILES string of the molecule is O=C1CCSc2ccc(C(=O)Nc3ncccc3O)cc2N1. The maximum atomic E-state index is 12.2. The lowest BCUT2D eigenvalue weighted by Gasteiger charge is -2.10. The zero-order valence-electron chi connectivity index (χ0n) is 11.5. The van der Waals surface area contributed by atoms with Crippen LogP contribution in [0.5, 0.6) is 5.75 Å². The van der Waals surface area contributed by atoms with E-state index < -0.39 is 5.91 Å². The van der Waals surface area contributed by atoms with Crippen LogP contribution in [-0.2, 0) is 4.79 Å². The lowest BCUT2D eigenvalue weighted by Crippen LogP contribution is -2.14. The number of fused-ring (bicyclic) bond motifs is 1. The van der Waals surface area contributed by atoms with Crippen molar-refractivity contribution < 1.29 is 14.7 Å². The van der Waals surface area contributed by atoms with Crippen LogP contribution in [-0.4, -0.2) is 27.7 Å². The number of amides is 2. The number of benzene rings is 1. The van der Waals surface area contributed by atoms with Crippen molar-refractivity contribution in [3.05, 3.63) is 42.1 Å². The van der Waals surface area contributed by atoms with Crippen LogP contribution in [0.3, 0.4) is 0 Å². The summed E-state index contributed by atoms with van der Waals surface area (Å²) < 4.78 is 0. The highest BCUT2D eigenvalue weighted by atomic mass is 32.2. The van der Waals surface area contributed by atoms with Gasteiger partial charge in [-0.05, 0) is 30.3 Å². The van der Waals surface area contributed by atoms with Crippen molar-refractivity contribution in [3.63, 3.8) is 0 Å². The van der Waals surface area contributed by atoms with Crippen LogP contribution in [0.2, 0.25) is 0 Å². The fourth-order valence-corrected chi connectivity index (χ4v) is 2.97. The molecule has 1 aromatic heterocycles. The topological polar surface area (TPSA) is 91.3 Å². The van der Waals surface area contributed by atoms with E-state index in [9.17, 15) is 14.7 Å². The van der Waals surface area contributed by atoms with Gasteiger partial charge in [0.2, 0.25) is 5.91 Å². The van der Waals surface area contributed by atoms with E-state index in [1.54, 1.807) is 36.0 Å². The van der Waals surface area contributed by atoms with Gasteiger partial charge < -0.3 is 15.7 Å². The second kappa shape index (κ2) is 6.07. The minimum atomic E-state index is -0.403. The Labute approximate surface area is 131 Å². The van der Waals surface area contributed by atoms with Gasteiger partial charge in [-0.25, -0.2) is 4.98 Å². The maximum Gasteiger partial charge on any atom is 0.256 e. The predicted molar refractivity (Wildman–Crippen MR) is 84.3 cm³/mol. The van der Waals surface area contributed by atoms with Crippen molar-refractivity contribution in [1.29, 1.82) is 0 Å². The number of hydrogen-bond acceptors (Lipinski definition) is 5. The van der Waals surface area contributed by atoms with E-state index in [0.717, 1.165) is 4.90 Å². The number of carbonyl (C=O) groups excluding carboxylic acids is 2. The number of carbonyl (C=O) groups is 2. The molecule has 22 heavy (non-hydrogen) atoms. The first-order chi connectivity index (χ1) is 10.6. The summed E-state index contributed by atoms with van der Waals surface area (Å²) in [6, 6.07) is 8.12. The number of thioether (sulfide) groups is 1. The van der Waals surface area contributed by atoms with Crippen molar-refractivity contribution in [1.82, 2.24) is 4.98 Å². The van der Waals surface area contributed by atoms with Gasteiger partial charge in [0.05, 0.1) is 5.69 Å². The molecule has 0 saturated heterocycles. The number of hydrogen-bond donors (Lipinski definition) is 3. The molecule has 2 amide bonds. The molecule has 3 rings (SSSR count). The minimum absolute atomic E-state index is 0.0637. The standard InChI is InChI=1S/C15H13N3O3S/c19-11-2-1-6-16-14(11)18-15(21)9-3-4-12-10(8-9)17-13(20)5-7-22-12/h1-4,6,8,19H,5,7H2,(H,17,20)(H,16,18,21). The van der Waals surface area contributed by atoms with Gasteiger partial charge in [-0.1, -0.05) is 0 Å². The zero-order valence-corrected chi connectivity index (χ0v) is 12.3. The van der Waals surface area contributed by atoms with E-state index in [4.69, 9.17) is 0 Å². The predicted octanol–water partition coefficient (Wildman–Crippen LogP) is 2.47. The summed E-state index contributed by atoms with van der Waals surface area (Å²) in [5.74, 6) is 0.244. The van der Waals surface area contributed by atoms with E-state index >= 15 is 0 Å². The van der Waals surface area contributed by atoms with E-state index in [2.05, 4.69) is 15.6 Å². The number of rotatable bonds is 2. The Morgan fingerprint density at radius 2 is 2.23 bits per heavy atom. The second-order valence-electron chi connectivity index (χ2n) is 4.68. The average Bonchev–Trinajstić information content (AvgIpc) is 2.69. The Morgan fingerprint density at radius 3 is 3.05 bits per heavy atom. The number of nitrogens with zero attached hydrogens (tertiary/aromatic N) is 1. The van der Waals surface area contributed by atoms with Crippen LogP contribution in [0, 0.1) is 0 Å². The molecule has 0 fully saturated rings. The highest BCUT2D eigenvalue weighted by Crippen LogP contribution is 2.31. The number of anilines is 2. The Balaban J connectivity index is 1.84. The van der Waals surface area contributed by atoms with Crippen molar-refractivity contribution >= 4 is 35.1 Å². The molecule has 7 heteroatoms. The molecule has 1 aliphatic rings. The molecule has 0 spiro atoms. The van der Waals surface area contributed by atoms with E-state index in [1.165, 1.54) is 12.3 Å². The summed E-state index contributed by atoms with van der Waals surface area (Å²) >= 11 is 1.57. The molecule has 0 saturated carbocycles. The van der Waals surface area contributed by atoms with Gasteiger partial charge >= 0.3 is 0 Å². The molecule has 0 aliphatic carbocycles. The van der Waals surface area contributed by atoms with Crippen molar-refractivity contribution in [2.75, 3.05) is 16.4 Å². The van der Waals surface area contributed by atoms with Crippen molar-refractivity contribution in [2.24, 2.45) is 0 Å². The summed E-state index contributed by atoms with van der Waals surface area (Å²) in [7, 11) is 0. The molecular weight excluding hydrogens is 302 g/mol. The van der Waals surface area contributed by atoms with Crippen LogP contribution >= 0.6 is 11.8 Å². The molecule has 112 valence electrons. The van der Waals surface area contributed by atoms with Gasteiger partial charge in [0.1, 0.15) is 0 Å². The minimum Gasteiger partial charge on any atom is -0.504 e. The molecule has 0 atom stereocenters. The molecule has 3 N–H and O–H groups in total. The third kappa shape index (κ3) is 3.04. The molecule has 0 radical (unpaired) electrons. The largest absolute Gasteiger partial charge is 0.504 e. The van der Waals surface area contributed by atoms with E-state index in [1.807, 2.05) is 0 Å². The lowest BCUT2D eigenvalue weighted by atomic mass is 10.2. The van der Waals surface area contributed by atoms with Gasteiger partial charge in [0.25, 0.3) is 5.91 Å². The summed E-state index contributed by atoms with van der Waals surface area (Å²) in [6.07, 6.45) is 1.92. The van der Waals surface area contributed by atoms with Gasteiger partial charge in [-0.2, -0.15) is 0 Å². The number of pyridine rings is 1. The Kier molecular flexibility index (Phi) is 3.97. The number of nitrogens with one attached hydrogen (secondary N) is 2. The molecule has 0 unspecified atom stereocenters. The van der Waals surface area contributed by atoms with Crippen LogP contribution in [0.1, 0.15) is 16.8 Å². The number of aromatic hydroxyl groups is 1. The van der Waals surface area contributed by atoms with Gasteiger partial charge in [0.15, 0.2) is 11.6 Å². The average molecular weight is 315 g/mol. The molecular formula is C15H13N3O3S. The van der Waals surface area contributed by atoms with E-state index in [0.29, 0.717) is 23.4 Å². The summed E-state index contributed by atoms with van der Waals surface area (Å²) in [5, 5.41) is 15.0. The lowest BCUT2D eigenvalue weighted by molar-refractivity contribution is -0.115. The summed E-state index contributed by atoms with van der Waals surface area (Å²) in [4.78, 5) is 28.7. The Hall–Kier alpha value is -2.54. The van der Waals surface area contributed by atoms with Gasteiger partial charge in [-0.3, -0.25) is 9.59 Å². The van der Waals surface area contributed by atoms with Crippen molar-refractivity contribution in [2.45, 2.75) is 11.3 Å². The van der Waals surface area contributed by atoms with E-state index in [-0.39, 0.29) is 17.5 Å². The molecule has 6 nitrogen and oxygen atoms in total. The zero-order chi connectivity index (χ0) is 15.5. The third-order valence-corrected chi connectivity index (χ3v) is 4.20. The van der Waals surface area contributed by atoms with Crippen LogP contribution < -0.4 is 10.6 Å². The Morgan fingerprint density at radius 1 is 1.36 bits per heavy atom. The monoisotopic (exact) mass is 315 g/mol. The van der Waals surface area contributed by atoms with Crippen LogP contribution in [0.15, 0.2) is 41.4 Å². The highest BCUT2D eigenvalue weighted by molar-refractivity contribution is 7.99. The Bertz CT molecular complexity index is 749. The third-order valence-electron chi connectivity index (χ3n) is 3.12. The highest BCUT2D eigenvalue weighted by Gasteiger charge is 2.16. The smallest absolute Gasteiger partial charge is 0.256 e. The number of aromatic nitrogens is 1. The van der Waals surface area contributed by atoms with Crippen molar-refractivity contribution in [3.8, 4) is 5.75 Å². The van der Waals surface area contributed by atoms with Gasteiger partial charge in [0, 0.05) is 28.8 Å². The molecule has 2 aromatic rings. The molecule has 1 aromatic carbocycles. The molecule has 2 heterocycles. The molecule has 0 bridgehead atoms. The fraction of sp³-hybridized carbons (Fsp3) is 0.133. The first-order valence-corrected chi connectivity index (χ1v) is 7.64. The quantitative estimate of drug-likeness (QED) is 0.792. The normalized spacial score (nSPS) is 13.7. The maximum absolute atomic E-state index is 12.2. The fourth-order valence-electron chi connectivity index (χ4n) is 2.03. The first kappa shape index (κ1) is 14.4. The summed E-state index contributed by atoms with van der Waals surface area (Å²) in [5.41, 5.74) is 1.01. The van der Waals surface area contributed by atoms with Gasteiger partial charge in [-0.15, -0.1) is 11.8 Å². The second-order valence-corrected chi connectivity index (χ2v) is 5.82. The molecule has 1 aliphatic heterocycles. The first-order valence-electron chi connectivity index (χ1n) is 6.65. The van der Waals surface area contributed by atoms with Crippen LogP contribution in [0.25, 0.3) is 0 Å². The van der Waals surface area contributed by atoms with Crippen LogP contribution in [0.4, 0.5) is 11.5 Å². The summed E-state index contributed by atoms with van der Waals surface area (Å²) in [6.45, 7) is 0.